The minimum Gasteiger partial charge on any atom is -0.354 e. The minimum absolute atomic E-state index is 0.307. The number of amides is 1. The van der Waals surface area contributed by atoms with E-state index in [0.717, 1.165) is 4.57 Å². The van der Waals surface area contributed by atoms with Gasteiger partial charge in [0.1, 0.15) is 15.9 Å². The summed E-state index contributed by atoms with van der Waals surface area (Å²) in [6, 6.07) is -0.763. The highest BCUT2D eigenvalue weighted by Gasteiger charge is 2.30. The molecule has 1 amide bonds. The number of fused-ring (bicyclic) bond motifs is 1. The number of hydrogen-bond acceptors (Lipinski definition) is 6. The van der Waals surface area contributed by atoms with Crippen LogP contribution in [-0.2, 0) is 4.79 Å². The van der Waals surface area contributed by atoms with E-state index in [9.17, 15) is 14.4 Å². The Kier molecular flexibility index (Phi) is 2.94. The first kappa shape index (κ1) is 13.9. The van der Waals surface area contributed by atoms with Gasteiger partial charge in [-0.15, -0.1) is 4.80 Å². The van der Waals surface area contributed by atoms with Gasteiger partial charge in [-0.1, -0.05) is 11.3 Å². The fourth-order valence-electron chi connectivity index (χ4n) is 2.84. The first-order valence-electron chi connectivity index (χ1n) is 7.00. The summed E-state index contributed by atoms with van der Waals surface area (Å²) >= 11 is 1.23. The molecule has 1 saturated heterocycles. The van der Waals surface area contributed by atoms with Gasteiger partial charge in [-0.3, -0.25) is 14.6 Å². The van der Waals surface area contributed by atoms with E-state index in [1.165, 1.54) is 28.5 Å². The van der Waals surface area contributed by atoms with Crippen molar-refractivity contribution in [3.63, 3.8) is 0 Å². The van der Waals surface area contributed by atoms with Crippen LogP contribution in [0.5, 0.6) is 0 Å². The number of aryl methyl sites for hydroxylation is 1. The zero-order chi connectivity index (χ0) is 16.1. The van der Waals surface area contributed by atoms with Crippen molar-refractivity contribution in [2.45, 2.75) is 19.4 Å². The fraction of sp³-hybridized carbons (Fsp3) is 0.308. The number of nitrogens with one attached hydrogen (secondary N) is 2. The van der Waals surface area contributed by atoms with Crippen molar-refractivity contribution >= 4 is 27.5 Å². The first-order valence-corrected chi connectivity index (χ1v) is 7.82. The number of nitrogens with zero attached hydrogens (tertiary/aromatic N) is 4. The summed E-state index contributed by atoms with van der Waals surface area (Å²) in [7, 11) is 0. The standard InChI is InChI=1S/C13H12N6O3S/c1-6-8-10(23-12(6)19-15-4-5-16-19)17-13(22)18(11(8)21)7-2-3-14-9(7)20/h4-5,7H,2-3H2,1H3,(H,14,20)(H,17,22)/t7-/m1/s1. The molecule has 118 valence electrons. The number of carbonyl (C=O) groups excluding carboxylic acids is 1. The van der Waals surface area contributed by atoms with Gasteiger partial charge in [-0.05, 0) is 13.3 Å². The molecular formula is C13H12N6O3S. The zero-order valence-corrected chi connectivity index (χ0v) is 12.9. The van der Waals surface area contributed by atoms with Gasteiger partial charge in [0.15, 0.2) is 0 Å². The molecular weight excluding hydrogens is 320 g/mol. The molecule has 0 unspecified atom stereocenters. The van der Waals surface area contributed by atoms with Crippen LogP contribution in [0.4, 0.5) is 0 Å². The highest BCUT2D eigenvalue weighted by molar-refractivity contribution is 7.21. The average Bonchev–Trinajstić information content (AvgIpc) is 3.21. The molecule has 0 bridgehead atoms. The predicted molar refractivity (Wildman–Crippen MR) is 83.0 cm³/mol. The van der Waals surface area contributed by atoms with E-state index in [0.29, 0.717) is 33.7 Å². The van der Waals surface area contributed by atoms with E-state index in [1.807, 2.05) is 0 Å². The lowest BCUT2D eigenvalue weighted by atomic mass is 10.2. The Morgan fingerprint density at radius 2 is 2.00 bits per heavy atom. The third-order valence-electron chi connectivity index (χ3n) is 3.93. The molecule has 1 aliphatic heterocycles. The van der Waals surface area contributed by atoms with Gasteiger partial charge < -0.3 is 5.32 Å². The molecule has 3 aromatic rings. The molecule has 0 aromatic carbocycles. The maximum absolute atomic E-state index is 12.8. The van der Waals surface area contributed by atoms with Crippen molar-refractivity contribution in [2.24, 2.45) is 0 Å². The van der Waals surface area contributed by atoms with Gasteiger partial charge in [0, 0.05) is 12.1 Å². The summed E-state index contributed by atoms with van der Waals surface area (Å²) in [5, 5.41) is 11.8. The Labute approximate surface area is 132 Å². The number of carbonyl (C=O) groups is 1. The highest BCUT2D eigenvalue weighted by atomic mass is 32.1. The number of thiophene rings is 1. The van der Waals surface area contributed by atoms with Crippen LogP contribution >= 0.6 is 11.3 Å². The SMILES string of the molecule is Cc1c(-n2nccn2)sc2[nH]c(=O)n([C@@H]3CCNC3=O)c(=O)c12. The van der Waals surface area contributed by atoms with Gasteiger partial charge >= 0.3 is 5.69 Å². The van der Waals surface area contributed by atoms with Crippen molar-refractivity contribution in [1.82, 2.24) is 29.9 Å². The predicted octanol–water partition coefficient (Wildman–Crippen LogP) is -0.299. The number of aromatic amines is 1. The van der Waals surface area contributed by atoms with Gasteiger partial charge in [0.05, 0.1) is 17.8 Å². The topological polar surface area (TPSA) is 115 Å². The number of hydrogen-bond donors (Lipinski definition) is 2. The monoisotopic (exact) mass is 332 g/mol. The normalized spacial score (nSPS) is 17.8. The molecule has 9 nitrogen and oxygen atoms in total. The third kappa shape index (κ3) is 1.95. The maximum atomic E-state index is 12.8. The second kappa shape index (κ2) is 4.88. The van der Waals surface area contributed by atoms with Crippen molar-refractivity contribution in [3.05, 3.63) is 38.8 Å². The Hall–Kier alpha value is -2.75. The molecule has 23 heavy (non-hydrogen) atoms. The molecule has 3 aromatic heterocycles. The largest absolute Gasteiger partial charge is 0.354 e. The van der Waals surface area contributed by atoms with Gasteiger partial charge in [-0.2, -0.15) is 10.2 Å². The third-order valence-corrected chi connectivity index (χ3v) is 5.10. The second-order valence-electron chi connectivity index (χ2n) is 5.26. The average molecular weight is 332 g/mol. The van der Waals surface area contributed by atoms with Crippen molar-refractivity contribution in [3.8, 4) is 5.00 Å². The highest BCUT2D eigenvalue weighted by Crippen LogP contribution is 2.29. The lowest BCUT2D eigenvalue weighted by Gasteiger charge is -2.09. The Morgan fingerprint density at radius 1 is 1.26 bits per heavy atom. The number of rotatable bonds is 2. The van der Waals surface area contributed by atoms with Crippen LogP contribution in [0.15, 0.2) is 22.0 Å². The van der Waals surface area contributed by atoms with Crippen LogP contribution in [0.25, 0.3) is 15.2 Å². The number of aromatic nitrogens is 5. The molecule has 0 saturated carbocycles. The van der Waals surface area contributed by atoms with E-state index in [1.54, 1.807) is 6.92 Å². The van der Waals surface area contributed by atoms with Gasteiger partial charge in [-0.25, -0.2) is 9.36 Å². The van der Waals surface area contributed by atoms with Crippen LogP contribution in [0, 0.1) is 6.92 Å². The van der Waals surface area contributed by atoms with Crippen LogP contribution in [0.1, 0.15) is 18.0 Å². The zero-order valence-electron chi connectivity index (χ0n) is 12.1. The summed E-state index contributed by atoms with van der Waals surface area (Å²) < 4.78 is 1.00. The van der Waals surface area contributed by atoms with Gasteiger partial charge in [0.2, 0.25) is 5.91 Å². The maximum Gasteiger partial charge on any atom is 0.330 e. The summed E-state index contributed by atoms with van der Waals surface area (Å²) in [4.78, 5) is 41.5. The van der Waals surface area contributed by atoms with E-state index in [2.05, 4.69) is 20.5 Å². The van der Waals surface area contributed by atoms with E-state index < -0.39 is 17.3 Å². The van der Waals surface area contributed by atoms with Crippen LogP contribution < -0.4 is 16.6 Å². The summed E-state index contributed by atoms with van der Waals surface area (Å²) in [6.45, 7) is 2.23. The molecule has 1 fully saturated rings. The molecule has 10 heteroatoms. The molecule has 1 aliphatic rings. The fourth-order valence-corrected chi connectivity index (χ4v) is 3.94. The molecule has 0 radical (unpaired) electrons. The molecule has 4 heterocycles. The van der Waals surface area contributed by atoms with Crippen LogP contribution in [0.3, 0.4) is 0 Å². The molecule has 0 spiro atoms. The Balaban J connectivity index is 2.01. The van der Waals surface area contributed by atoms with Crippen molar-refractivity contribution in [2.75, 3.05) is 6.54 Å². The van der Waals surface area contributed by atoms with E-state index >= 15 is 0 Å². The lowest BCUT2D eigenvalue weighted by molar-refractivity contribution is -0.122. The molecule has 0 aliphatic carbocycles. The minimum atomic E-state index is -0.763. The first-order chi connectivity index (χ1) is 11.1. The quantitative estimate of drug-likeness (QED) is 0.669. The van der Waals surface area contributed by atoms with E-state index in [4.69, 9.17) is 0 Å². The summed E-state index contributed by atoms with van der Waals surface area (Å²) in [5.41, 5.74) is -0.363. The van der Waals surface area contributed by atoms with Gasteiger partial charge in [0.25, 0.3) is 5.56 Å². The van der Waals surface area contributed by atoms with Crippen molar-refractivity contribution < 1.29 is 4.79 Å². The lowest BCUT2D eigenvalue weighted by Crippen LogP contribution is -2.40. The molecule has 4 rings (SSSR count). The van der Waals surface area contributed by atoms with Crippen LogP contribution in [-0.4, -0.2) is 37.0 Å². The summed E-state index contributed by atoms with van der Waals surface area (Å²) in [5.74, 6) is -0.307. The number of H-pyrrole nitrogens is 1. The Morgan fingerprint density at radius 3 is 2.65 bits per heavy atom. The second-order valence-corrected chi connectivity index (χ2v) is 6.25. The Bertz CT molecular complexity index is 1030. The van der Waals surface area contributed by atoms with Crippen molar-refractivity contribution in [1.29, 1.82) is 0 Å². The summed E-state index contributed by atoms with van der Waals surface area (Å²) in [6.07, 6.45) is 3.49. The molecule has 2 N–H and O–H groups in total. The van der Waals surface area contributed by atoms with E-state index in [-0.39, 0.29) is 5.91 Å². The molecule has 1 atom stereocenters. The smallest absolute Gasteiger partial charge is 0.330 e. The van der Waals surface area contributed by atoms with Crippen LogP contribution in [0.2, 0.25) is 0 Å².